The number of hydrogen-bond acceptors (Lipinski definition) is 8. The van der Waals surface area contributed by atoms with Crippen LogP contribution in [0.15, 0.2) is 28.6 Å². The predicted molar refractivity (Wildman–Crippen MR) is 100 cm³/mol. The van der Waals surface area contributed by atoms with E-state index in [1.807, 2.05) is 0 Å². The first-order valence-electron chi connectivity index (χ1n) is 7.89. The molecule has 0 aliphatic carbocycles. The standard InChI is InChI=1S/C16H20N4O3S2/c1-3-9-17-15-19-20-16(25-15)24-10-13(21)18-12-7-5-11(6-8-12)14(22)23-4-2/h5-8H,3-4,9-10H2,1-2H3,(H,17,19)(H,18,21). The summed E-state index contributed by atoms with van der Waals surface area (Å²) in [6.07, 6.45) is 1.01. The van der Waals surface area contributed by atoms with E-state index in [9.17, 15) is 9.59 Å². The summed E-state index contributed by atoms with van der Waals surface area (Å²) in [5.74, 6) is -0.283. The van der Waals surface area contributed by atoms with E-state index < -0.39 is 0 Å². The van der Waals surface area contributed by atoms with E-state index in [1.165, 1.54) is 23.1 Å². The number of rotatable bonds is 9. The zero-order valence-electron chi connectivity index (χ0n) is 14.1. The van der Waals surface area contributed by atoms with Gasteiger partial charge in [0, 0.05) is 12.2 Å². The number of aromatic nitrogens is 2. The highest BCUT2D eigenvalue weighted by molar-refractivity contribution is 8.01. The van der Waals surface area contributed by atoms with Crippen molar-refractivity contribution in [1.82, 2.24) is 10.2 Å². The van der Waals surface area contributed by atoms with Crippen molar-refractivity contribution in [3.8, 4) is 0 Å². The quantitative estimate of drug-likeness (QED) is 0.509. The van der Waals surface area contributed by atoms with E-state index in [0.717, 1.165) is 22.4 Å². The normalized spacial score (nSPS) is 10.3. The lowest BCUT2D eigenvalue weighted by molar-refractivity contribution is -0.113. The van der Waals surface area contributed by atoms with Crippen molar-refractivity contribution < 1.29 is 14.3 Å². The Morgan fingerprint density at radius 3 is 2.64 bits per heavy atom. The lowest BCUT2D eigenvalue weighted by Crippen LogP contribution is -2.14. The molecule has 2 N–H and O–H groups in total. The summed E-state index contributed by atoms with van der Waals surface area (Å²) < 4.78 is 5.66. The van der Waals surface area contributed by atoms with Crippen LogP contribution in [0.25, 0.3) is 0 Å². The Balaban J connectivity index is 1.80. The number of nitrogens with zero attached hydrogens (tertiary/aromatic N) is 2. The maximum absolute atomic E-state index is 12.0. The lowest BCUT2D eigenvalue weighted by atomic mass is 10.2. The first kappa shape index (κ1) is 19.2. The average Bonchev–Trinajstić information content (AvgIpc) is 3.07. The largest absolute Gasteiger partial charge is 0.462 e. The van der Waals surface area contributed by atoms with Crippen LogP contribution in [0.2, 0.25) is 0 Å². The van der Waals surface area contributed by atoms with E-state index in [-0.39, 0.29) is 17.6 Å². The third kappa shape index (κ3) is 6.35. The average molecular weight is 380 g/mol. The summed E-state index contributed by atoms with van der Waals surface area (Å²) in [7, 11) is 0. The molecule has 0 saturated heterocycles. The van der Waals surface area contributed by atoms with Gasteiger partial charge < -0.3 is 15.4 Å². The Kier molecular flexibility index (Phi) is 7.68. The molecule has 0 unspecified atom stereocenters. The van der Waals surface area contributed by atoms with Crippen LogP contribution in [0, 0.1) is 0 Å². The van der Waals surface area contributed by atoms with Crippen molar-refractivity contribution in [2.45, 2.75) is 24.6 Å². The number of anilines is 2. The summed E-state index contributed by atoms with van der Waals surface area (Å²) in [4.78, 5) is 23.6. The van der Waals surface area contributed by atoms with Gasteiger partial charge in [-0.25, -0.2) is 4.79 Å². The Hall–Kier alpha value is -2.13. The van der Waals surface area contributed by atoms with Crippen molar-refractivity contribution in [2.24, 2.45) is 0 Å². The minimum Gasteiger partial charge on any atom is -0.462 e. The number of hydrogen-bond donors (Lipinski definition) is 2. The SMILES string of the molecule is CCCNc1nnc(SCC(=O)Nc2ccc(C(=O)OCC)cc2)s1. The molecule has 1 amide bonds. The maximum atomic E-state index is 12.0. The van der Waals surface area contributed by atoms with Gasteiger partial charge in [-0.3, -0.25) is 4.79 Å². The summed E-state index contributed by atoms with van der Waals surface area (Å²) >= 11 is 2.76. The van der Waals surface area contributed by atoms with Gasteiger partial charge >= 0.3 is 5.97 Å². The zero-order valence-corrected chi connectivity index (χ0v) is 15.7. The number of benzene rings is 1. The van der Waals surface area contributed by atoms with Crippen LogP contribution in [0.5, 0.6) is 0 Å². The third-order valence-electron chi connectivity index (χ3n) is 2.94. The van der Waals surface area contributed by atoms with Gasteiger partial charge in [-0.15, -0.1) is 10.2 Å². The van der Waals surface area contributed by atoms with Gasteiger partial charge in [0.1, 0.15) is 0 Å². The Bertz CT molecular complexity index is 704. The molecule has 7 nitrogen and oxygen atoms in total. The smallest absolute Gasteiger partial charge is 0.338 e. The number of carbonyl (C=O) groups is 2. The molecule has 0 radical (unpaired) electrons. The van der Waals surface area contributed by atoms with Crippen LogP contribution in [0.1, 0.15) is 30.6 Å². The number of ether oxygens (including phenoxy) is 1. The van der Waals surface area contributed by atoms with E-state index in [0.29, 0.717) is 17.9 Å². The Labute approximate surface area is 154 Å². The summed E-state index contributed by atoms with van der Waals surface area (Å²) in [5, 5.41) is 14.8. The summed E-state index contributed by atoms with van der Waals surface area (Å²) in [5.41, 5.74) is 1.08. The molecule has 0 aliphatic heterocycles. The van der Waals surface area contributed by atoms with E-state index in [1.54, 1.807) is 31.2 Å². The molecule has 134 valence electrons. The second-order valence-corrected chi connectivity index (χ2v) is 7.13. The fourth-order valence-corrected chi connectivity index (χ4v) is 3.38. The van der Waals surface area contributed by atoms with E-state index >= 15 is 0 Å². The first-order valence-corrected chi connectivity index (χ1v) is 9.69. The summed E-state index contributed by atoms with van der Waals surface area (Å²) in [6.45, 7) is 5.01. The topological polar surface area (TPSA) is 93.2 Å². The first-order chi connectivity index (χ1) is 12.1. The third-order valence-corrected chi connectivity index (χ3v) is 4.95. The number of thioether (sulfide) groups is 1. The van der Waals surface area contributed by atoms with Gasteiger partial charge in [-0.1, -0.05) is 30.0 Å². The number of nitrogens with one attached hydrogen (secondary N) is 2. The minimum atomic E-state index is -0.375. The van der Waals surface area contributed by atoms with Crippen LogP contribution in [-0.4, -0.2) is 41.0 Å². The predicted octanol–water partition coefficient (Wildman–Crippen LogP) is 3.27. The van der Waals surface area contributed by atoms with Crippen molar-refractivity contribution in [1.29, 1.82) is 0 Å². The van der Waals surface area contributed by atoms with Crippen molar-refractivity contribution in [3.05, 3.63) is 29.8 Å². The van der Waals surface area contributed by atoms with Gasteiger partial charge in [0.2, 0.25) is 11.0 Å². The molecule has 9 heteroatoms. The van der Waals surface area contributed by atoms with Gasteiger partial charge in [0.05, 0.1) is 17.9 Å². The molecular formula is C16H20N4O3S2. The molecule has 1 heterocycles. The van der Waals surface area contributed by atoms with Crippen molar-refractivity contribution >= 4 is 45.8 Å². The maximum Gasteiger partial charge on any atom is 0.338 e. The van der Waals surface area contributed by atoms with Gasteiger partial charge in [-0.05, 0) is 37.6 Å². The minimum absolute atomic E-state index is 0.146. The van der Waals surface area contributed by atoms with E-state index in [2.05, 4.69) is 27.8 Å². The van der Waals surface area contributed by atoms with Crippen LogP contribution < -0.4 is 10.6 Å². The number of amides is 1. The Morgan fingerprint density at radius 1 is 1.20 bits per heavy atom. The van der Waals surface area contributed by atoms with Crippen LogP contribution in [-0.2, 0) is 9.53 Å². The molecule has 1 aromatic heterocycles. The van der Waals surface area contributed by atoms with E-state index in [4.69, 9.17) is 4.74 Å². The van der Waals surface area contributed by atoms with Gasteiger partial charge in [-0.2, -0.15) is 0 Å². The fourth-order valence-electron chi connectivity index (χ4n) is 1.80. The summed E-state index contributed by atoms with van der Waals surface area (Å²) in [6, 6.07) is 6.59. The monoisotopic (exact) mass is 380 g/mol. The van der Waals surface area contributed by atoms with Gasteiger partial charge in [0.15, 0.2) is 4.34 Å². The molecule has 1 aromatic carbocycles. The van der Waals surface area contributed by atoms with Crippen molar-refractivity contribution in [3.63, 3.8) is 0 Å². The molecule has 0 atom stereocenters. The molecule has 2 aromatic rings. The van der Waals surface area contributed by atoms with Crippen LogP contribution in [0.4, 0.5) is 10.8 Å². The molecule has 0 aliphatic rings. The highest BCUT2D eigenvalue weighted by Gasteiger charge is 2.10. The number of esters is 1. The molecule has 0 bridgehead atoms. The molecule has 2 rings (SSSR count). The molecule has 25 heavy (non-hydrogen) atoms. The highest BCUT2D eigenvalue weighted by Crippen LogP contribution is 2.25. The van der Waals surface area contributed by atoms with Crippen molar-refractivity contribution in [2.75, 3.05) is 29.5 Å². The molecule has 0 saturated carbocycles. The lowest BCUT2D eigenvalue weighted by Gasteiger charge is -2.06. The van der Waals surface area contributed by atoms with Crippen LogP contribution >= 0.6 is 23.1 Å². The zero-order chi connectivity index (χ0) is 18.1. The van der Waals surface area contributed by atoms with Crippen LogP contribution in [0.3, 0.4) is 0 Å². The second kappa shape index (κ2) is 10.00. The molecule has 0 fully saturated rings. The highest BCUT2D eigenvalue weighted by atomic mass is 32.2. The Morgan fingerprint density at radius 2 is 1.96 bits per heavy atom. The molecular weight excluding hydrogens is 360 g/mol. The molecule has 0 spiro atoms. The van der Waals surface area contributed by atoms with Gasteiger partial charge in [0.25, 0.3) is 0 Å². The fraction of sp³-hybridized carbons (Fsp3) is 0.375. The number of carbonyl (C=O) groups excluding carboxylic acids is 2. The second-order valence-electron chi connectivity index (χ2n) is 4.93.